The molecular weight excluding hydrogens is 146 g/mol. The maximum atomic E-state index is 3.51. The first-order chi connectivity index (χ1) is 5.74. The van der Waals surface area contributed by atoms with E-state index in [2.05, 4.69) is 26.1 Å². The molecule has 2 unspecified atom stereocenters. The summed E-state index contributed by atoms with van der Waals surface area (Å²) in [5, 5.41) is 3.51. The van der Waals surface area contributed by atoms with Crippen LogP contribution in [-0.4, -0.2) is 13.1 Å². The van der Waals surface area contributed by atoms with Crippen molar-refractivity contribution in [2.75, 3.05) is 13.1 Å². The summed E-state index contributed by atoms with van der Waals surface area (Å²) in [6, 6.07) is 0. The Bertz CT molecular complexity index is 120. The lowest BCUT2D eigenvalue weighted by molar-refractivity contribution is 0.330. The monoisotopic (exact) mass is 169 g/mol. The molecule has 0 aromatic carbocycles. The van der Waals surface area contributed by atoms with E-state index in [1.165, 1.54) is 32.4 Å². The molecule has 72 valence electrons. The minimum absolute atomic E-state index is 0.870. The van der Waals surface area contributed by atoms with Gasteiger partial charge in [0, 0.05) is 0 Å². The van der Waals surface area contributed by atoms with Gasteiger partial charge in [-0.15, -0.1) is 0 Å². The van der Waals surface area contributed by atoms with Gasteiger partial charge in [-0.2, -0.15) is 0 Å². The Morgan fingerprint density at radius 1 is 1.25 bits per heavy atom. The molecule has 0 bridgehead atoms. The highest BCUT2D eigenvalue weighted by Gasteiger charge is 2.26. The van der Waals surface area contributed by atoms with Crippen LogP contribution in [0.5, 0.6) is 0 Å². The van der Waals surface area contributed by atoms with Crippen molar-refractivity contribution in [3.05, 3.63) is 0 Å². The molecule has 0 amide bonds. The Morgan fingerprint density at radius 3 is 2.50 bits per heavy atom. The van der Waals surface area contributed by atoms with Gasteiger partial charge >= 0.3 is 0 Å². The second-order valence-electron chi connectivity index (χ2n) is 4.60. The molecule has 12 heavy (non-hydrogen) atoms. The quantitative estimate of drug-likeness (QED) is 0.682. The predicted molar refractivity (Wildman–Crippen MR) is 54.2 cm³/mol. The zero-order chi connectivity index (χ0) is 8.97. The molecule has 0 aliphatic carbocycles. The first kappa shape index (κ1) is 10.0. The van der Waals surface area contributed by atoms with Gasteiger partial charge in [0.1, 0.15) is 0 Å². The van der Waals surface area contributed by atoms with Gasteiger partial charge in [0.05, 0.1) is 0 Å². The van der Waals surface area contributed by atoms with E-state index in [1.807, 2.05) is 0 Å². The number of hydrogen-bond acceptors (Lipinski definition) is 1. The number of rotatable bonds is 4. The van der Waals surface area contributed by atoms with Gasteiger partial charge in [0.25, 0.3) is 0 Å². The van der Waals surface area contributed by atoms with Crippen molar-refractivity contribution in [1.82, 2.24) is 5.32 Å². The standard InChI is InChI=1S/C11H23N/c1-4-5-10-7-12-8-11(10)6-9(2)3/h9-12H,4-8H2,1-3H3. The van der Waals surface area contributed by atoms with Crippen molar-refractivity contribution < 1.29 is 0 Å². The normalized spacial score (nSPS) is 30.0. The van der Waals surface area contributed by atoms with Gasteiger partial charge in [0.15, 0.2) is 0 Å². The molecule has 0 spiro atoms. The molecule has 1 saturated heterocycles. The molecule has 1 heteroatoms. The predicted octanol–water partition coefficient (Wildman–Crippen LogP) is 2.67. The van der Waals surface area contributed by atoms with Gasteiger partial charge in [-0.25, -0.2) is 0 Å². The van der Waals surface area contributed by atoms with Crippen LogP contribution in [0.1, 0.15) is 40.0 Å². The minimum Gasteiger partial charge on any atom is -0.316 e. The third kappa shape index (κ3) is 2.78. The maximum absolute atomic E-state index is 3.51. The molecule has 0 radical (unpaired) electrons. The second kappa shape index (κ2) is 4.86. The lowest BCUT2D eigenvalue weighted by atomic mass is 9.86. The molecule has 1 fully saturated rings. The lowest BCUT2D eigenvalue weighted by Gasteiger charge is -2.19. The second-order valence-corrected chi connectivity index (χ2v) is 4.60. The summed E-state index contributed by atoms with van der Waals surface area (Å²) in [6.45, 7) is 9.50. The average molecular weight is 169 g/mol. The molecule has 1 N–H and O–H groups in total. The van der Waals surface area contributed by atoms with Crippen LogP contribution in [0.25, 0.3) is 0 Å². The van der Waals surface area contributed by atoms with Crippen LogP contribution in [0, 0.1) is 17.8 Å². The maximum Gasteiger partial charge on any atom is -0.00172 e. The van der Waals surface area contributed by atoms with E-state index in [-0.39, 0.29) is 0 Å². The minimum atomic E-state index is 0.870. The summed E-state index contributed by atoms with van der Waals surface area (Å²) in [6.07, 6.45) is 4.18. The van der Waals surface area contributed by atoms with Crippen molar-refractivity contribution in [3.8, 4) is 0 Å². The Morgan fingerprint density at radius 2 is 1.92 bits per heavy atom. The van der Waals surface area contributed by atoms with Gasteiger partial charge in [0.2, 0.25) is 0 Å². The van der Waals surface area contributed by atoms with Crippen molar-refractivity contribution in [2.45, 2.75) is 40.0 Å². The molecule has 1 aliphatic rings. The first-order valence-corrected chi connectivity index (χ1v) is 5.44. The van der Waals surface area contributed by atoms with Gasteiger partial charge in [-0.05, 0) is 43.7 Å². The van der Waals surface area contributed by atoms with Crippen LogP contribution in [-0.2, 0) is 0 Å². The van der Waals surface area contributed by atoms with E-state index in [0.29, 0.717) is 0 Å². The highest BCUT2D eigenvalue weighted by Crippen LogP contribution is 2.27. The van der Waals surface area contributed by atoms with Crippen molar-refractivity contribution in [1.29, 1.82) is 0 Å². The molecule has 0 aromatic heterocycles. The van der Waals surface area contributed by atoms with Crippen LogP contribution in [0.15, 0.2) is 0 Å². The molecule has 1 nitrogen and oxygen atoms in total. The topological polar surface area (TPSA) is 12.0 Å². The average Bonchev–Trinajstić information content (AvgIpc) is 2.37. The van der Waals surface area contributed by atoms with E-state index >= 15 is 0 Å². The highest BCUT2D eigenvalue weighted by atomic mass is 14.9. The van der Waals surface area contributed by atoms with Crippen LogP contribution in [0.3, 0.4) is 0 Å². The third-order valence-corrected chi connectivity index (χ3v) is 2.91. The lowest BCUT2D eigenvalue weighted by Crippen LogP contribution is -2.14. The van der Waals surface area contributed by atoms with Crippen LogP contribution in [0.2, 0.25) is 0 Å². The fourth-order valence-electron chi connectivity index (χ4n) is 2.38. The van der Waals surface area contributed by atoms with Crippen LogP contribution < -0.4 is 5.32 Å². The van der Waals surface area contributed by atoms with E-state index in [0.717, 1.165) is 17.8 Å². The largest absolute Gasteiger partial charge is 0.316 e. The fourth-order valence-corrected chi connectivity index (χ4v) is 2.38. The summed E-state index contributed by atoms with van der Waals surface area (Å²) in [5.74, 6) is 2.80. The van der Waals surface area contributed by atoms with Crippen molar-refractivity contribution >= 4 is 0 Å². The SMILES string of the molecule is CCCC1CNCC1CC(C)C. The Hall–Kier alpha value is -0.0400. The van der Waals surface area contributed by atoms with Crippen LogP contribution in [0.4, 0.5) is 0 Å². The molecule has 0 saturated carbocycles. The zero-order valence-corrected chi connectivity index (χ0v) is 8.77. The summed E-state index contributed by atoms with van der Waals surface area (Å²) in [5.41, 5.74) is 0. The first-order valence-electron chi connectivity index (χ1n) is 5.44. The molecular formula is C11H23N. The van der Waals surface area contributed by atoms with E-state index in [4.69, 9.17) is 0 Å². The summed E-state index contributed by atoms with van der Waals surface area (Å²) in [4.78, 5) is 0. The summed E-state index contributed by atoms with van der Waals surface area (Å²) in [7, 11) is 0. The van der Waals surface area contributed by atoms with Crippen molar-refractivity contribution in [3.63, 3.8) is 0 Å². The Balaban J connectivity index is 2.30. The smallest absolute Gasteiger partial charge is 0.00172 e. The van der Waals surface area contributed by atoms with Crippen LogP contribution >= 0.6 is 0 Å². The molecule has 1 rings (SSSR count). The molecule has 1 heterocycles. The van der Waals surface area contributed by atoms with Gasteiger partial charge in [-0.1, -0.05) is 27.2 Å². The van der Waals surface area contributed by atoms with Crippen molar-refractivity contribution in [2.24, 2.45) is 17.8 Å². The Kier molecular flexibility index (Phi) is 4.07. The number of hydrogen-bond donors (Lipinski definition) is 1. The molecule has 2 atom stereocenters. The van der Waals surface area contributed by atoms with Gasteiger partial charge in [-0.3, -0.25) is 0 Å². The van der Waals surface area contributed by atoms with E-state index in [1.54, 1.807) is 0 Å². The summed E-state index contributed by atoms with van der Waals surface area (Å²) < 4.78 is 0. The molecule has 0 aromatic rings. The zero-order valence-electron chi connectivity index (χ0n) is 8.77. The summed E-state index contributed by atoms with van der Waals surface area (Å²) >= 11 is 0. The third-order valence-electron chi connectivity index (χ3n) is 2.91. The number of nitrogens with one attached hydrogen (secondary N) is 1. The fraction of sp³-hybridized carbons (Fsp3) is 1.00. The molecule has 1 aliphatic heterocycles. The van der Waals surface area contributed by atoms with E-state index < -0.39 is 0 Å². The highest BCUT2D eigenvalue weighted by molar-refractivity contribution is 4.81. The van der Waals surface area contributed by atoms with E-state index in [9.17, 15) is 0 Å². The van der Waals surface area contributed by atoms with Gasteiger partial charge < -0.3 is 5.32 Å². The Labute approximate surface area is 76.9 Å².